The van der Waals surface area contributed by atoms with Gasteiger partial charge in [0.1, 0.15) is 12.4 Å². The molecule has 0 bridgehead atoms. The van der Waals surface area contributed by atoms with E-state index in [0.29, 0.717) is 36.0 Å². The lowest BCUT2D eigenvalue weighted by Gasteiger charge is -2.32. The third-order valence-corrected chi connectivity index (χ3v) is 7.73. The van der Waals surface area contributed by atoms with E-state index in [-0.39, 0.29) is 29.7 Å². The third-order valence-electron chi connectivity index (χ3n) is 7.73. The number of nitrogens with zero attached hydrogens (tertiary/aromatic N) is 4. The molecule has 1 fully saturated rings. The van der Waals surface area contributed by atoms with E-state index in [4.69, 9.17) is 9.84 Å². The van der Waals surface area contributed by atoms with Crippen LogP contribution in [0.25, 0.3) is 17.1 Å². The van der Waals surface area contributed by atoms with Gasteiger partial charge in [0.15, 0.2) is 17.3 Å². The average molecular weight is 663 g/mol. The van der Waals surface area contributed by atoms with Gasteiger partial charge in [-0.05, 0) is 54.2 Å². The molecule has 3 heterocycles. The molecule has 248 valence electrons. The molecule has 0 unspecified atom stereocenters. The lowest BCUT2D eigenvalue weighted by Crippen LogP contribution is -2.37. The molecule has 1 amide bonds. The zero-order chi connectivity index (χ0) is 33.9. The predicted molar refractivity (Wildman–Crippen MR) is 155 cm³/mol. The Balaban J connectivity index is 1.42. The zero-order valence-corrected chi connectivity index (χ0v) is 24.8. The SMILES string of the molecule is CCC(=O)N1CCC(c2ccc(COc3c(-c4cccc(-n5ncc(OC(=O)O)c5C(F)(F)F)n4)cccc3C(F)(F)F)cc2)CC1. The average Bonchev–Trinajstić information content (AvgIpc) is 3.47. The van der Waals surface area contributed by atoms with Crippen LogP contribution in [0.3, 0.4) is 0 Å². The van der Waals surface area contributed by atoms with Gasteiger partial charge in [-0.1, -0.05) is 43.3 Å². The summed E-state index contributed by atoms with van der Waals surface area (Å²) in [5.41, 5.74) is -1.36. The van der Waals surface area contributed by atoms with Crippen LogP contribution in [0.2, 0.25) is 0 Å². The minimum atomic E-state index is -5.12. The number of para-hydroxylation sites is 1. The van der Waals surface area contributed by atoms with E-state index in [1.807, 2.05) is 24.0 Å². The number of carbonyl (C=O) groups is 2. The summed E-state index contributed by atoms with van der Waals surface area (Å²) in [5, 5.41) is 12.4. The normalized spacial score (nSPS) is 14.2. The molecule has 9 nitrogen and oxygen atoms in total. The molecule has 47 heavy (non-hydrogen) atoms. The highest BCUT2D eigenvalue weighted by Gasteiger charge is 2.41. The molecule has 5 rings (SSSR count). The first-order chi connectivity index (χ1) is 22.3. The van der Waals surface area contributed by atoms with Gasteiger partial charge >= 0.3 is 18.5 Å². The second-order valence-electron chi connectivity index (χ2n) is 10.7. The van der Waals surface area contributed by atoms with Crippen LogP contribution >= 0.6 is 0 Å². The molecule has 2 aromatic carbocycles. The second kappa shape index (κ2) is 13.3. The maximum Gasteiger partial charge on any atom is 0.511 e. The van der Waals surface area contributed by atoms with Crippen molar-refractivity contribution < 1.29 is 50.5 Å². The van der Waals surface area contributed by atoms with Crippen LogP contribution in [-0.2, 0) is 23.8 Å². The van der Waals surface area contributed by atoms with Gasteiger partial charge in [0.05, 0.1) is 17.5 Å². The second-order valence-corrected chi connectivity index (χ2v) is 10.7. The van der Waals surface area contributed by atoms with Crippen LogP contribution in [-0.4, -0.2) is 49.9 Å². The molecule has 1 saturated heterocycles. The van der Waals surface area contributed by atoms with E-state index in [9.17, 15) is 35.9 Å². The van der Waals surface area contributed by atoms with Crippen LogP contribution in [0.1, 0.15) is 54.5 Å². The highest BCUT2D eigenvalue weighted by Crippen LogP contribution is 2.43. The summed E-state index contributed by atoms with van der Waals surface area (Å²) in [6.45, 7) is 2.88. The van der Waals surface area contributed by atoms with E-state index in [1.165, 1.54) is 18.2 Å². The number of hydrogen-bond acceptors (Lipinski definition) is 6. The van der Waals surface area contributed by atoms with Crippen molar-refractivity contribution in [2.45, 2.75) is 51.1 Å². The standard InChI is InChI=1S/C32H28F6N4O5/c1-2-27(43)41-15-13-21(14-16-41)20-11-9-19(10-12-20)18-46-28-22(5-3-6-23(28)31(33,34)35)24-7-4-8-26(40-24)42-29(32(36,37)38)25(17-39-42)47-30(44)45/h3-12,17,21H,2,13-16,18H2,1H3,(H,44,45). The number of amides is 1. The zero-order valence-electron chi connectivity index (χ0n) is 24.8. The van der Waals surface area contributed by atoms with Gasteiger partial charge in [-0.2, -0.15) is 31.4 Å². The molecule has 0 aliphatic carbocycles. The summed E-state index contributed by atoms with van der Waals surface area (Å²) in [6, 6.07) is 14.2. The van der Waals surface area contributed by atoms with Crippen molar-refractivity contribution in [3.63, 3.8) is 0 Å². The first kappa shape index (κ1) is 33.3. The van der Waals surface area contributed by atoms with Gasteiger partial charge in [0.25, 0.3) is 0 Å². The predicted octanol–water partition coefficient (Wildman–Crippen LogP) is 7.72. The van der Waals surface area contributed by atoms with Crippen LogP contribution < -0.4 is 9.47 Å². The molecule has 4 aromatic rings. The number of carboxylic acid groups (broad SMARTS) is 1. The number of ether oxygens (including phenoxy) is 2. The fraction of sp³-hybridized carbons (Fsp3) is 0.312. The van der Waals surface area contributed by atoms with Crippen molar-refractivity contribution in [2.75, 3.05) is 13.1 Å². The molecule has 1 aliphatic rings. The topological polar surface area (TPSA) is 107 Å². The van der Waals surface area contributed by atoms with Gasteiger partial charge in [0, 0.05) is 25.1 Å². The monoisotopic (exact) mass is 662 g/mol. The van der Waals surface area contributed by atoms with Crippen molar-refractivity contribution in [3.05, 3.63) is 89.2 Å². The number of aromatic nitrogens is 3. The highest BCUT2D eigenvalue weighted by molar-refractivity contribution is 5.76. The highest BCUT2D eigenvalue weighted by atomic mass is 19.4. The summed E-state index contributed by atoms with van der Waals surface area (Å²) in [7, 11) is 0. The third kappa shape index (κ3) is 7.50. The van der Waals surface area contributed by atoms with Crippen LogP contribution in [0, 0.1) is 0 Å². The number of piperidine rings is 1. The smallest absolute Gasteiger partial charge is 0.488 e. The molecule has 0 atom stereocenters. The summed E-state index contributed by atoms with van der Waals surface area (Å²) in [5.74, 6) is -1.78. The maximum absolute atomic E-state index is 14.1. The Hall–Kier alpha value is -5.08. The molecule has 1 aliphatic heterocycles. The maximum atomic E-state index is 14.1. The van der Waals surface area contributed by atoms with Crippen molar-refractivity contribution in [2.24, 2.45) is 0 Å². The molecular formula is C32H28F6N4O5. The Morgan fingerprint density at radius 3 is 2.23 bits per heavy atom. The molecule has 15 heteroatoms. The van der Waals surface area contributed by atoms with E-state index in [0.717, 1.165) is 36.6 Å². The van der Waals surface area contributed by atoms with Crippen LogP contribution in [0.4, 0.5) is 31.1 Å². The summed E-state index contributed by atoms with van der Waals surface area (Å²) in [6.07, 6.45) is -9.36. The summed E-state index contributed by atoms with van der Waals surface area (Å²) >= 11 is 0. The number of alkyl halides is 6. The first-order valence-electron chi connectivity index (χ1n) is 14.5. The van der Waals surface area contributed by atoms with Gasteiger partial charge in [-0.3, -0.25) is 4.79 Å². The van der Waals surface area contributed by atoms with E-state index >= 15 is 0 Å². The largest absolute Gasteiger partial charge is 0.511 e. The lowest BCUT2D eigenvalue weighted by atomic mass is 9.89. The lowest BCUT2D eigenvalue weighted by molar-refractivity contribution is -0.144. The van der Waals surface area contributed by atoms with Gasteiger partial charge in [-0.25, -0.2) is 14.5 Å². The number of rotatable bonds is 8. The van der Waals surface area contributed by atoms with Gasteiger partial charge in [-0.15, -0.1) is 0 Å². The first-order valence-corrected chi connectivity index (χ1v) is 14.5. The number of benzene rings is 2. The minimum absolute atomic E-state index is 0.114. The van der Waals surface area contributed by atoms with Gasteiger partial charge < -0.3 is 19.5 Å². The van der Waals surface area contributed by atoms with E-state index in [2.05, 4.69) is 14.8 Å². The Morgan fingerprint density at radius 2 is 1.62 bits per heavy atom. The quantitative estimate of drug-likeness (QED) is 0.152. The van der Waals surface area contributed by atoms with Crippen LogP contribution in [0.15, 0.2) is 66.9 Å². The molecular weight excluding hydrogens is 634 g/mol. The van der Waals surface area contributed by atoms with Crippen LogP contribution in [0.5, 0.6) is 11.5 Å². The number of carbonyl (C=O) groups excluding carboxylic acids is 1. The van der Waals surface area contributed by atoms with Crippen molar-refractivity contribution in [3.8, 4) is 28.6 Å². The Kier molecular flexibility index (Phi) is 9.45. The van der Waals surface area contributed by atoms with E-state index in [1.54, 1.807) is 12.1 Å². The Labute approximate surface area is 264 Å². The molecule has 2 aromatic heterocycles. The fourth-order valence-electron chi connectivity index (χ4n) is 5.47. The number of hydrogen-bond donors (Lipinski definition) is 1. The number of halogens is 6. The van der Waals surface area contributed by atoms with Crippen molar-refractivity contribution in [1.82, 2.24) is 19.7 Å². The summed E-state index contributed by atoms with van der Waals surface area (Å²) < 4.78 is 94.3. The Morgan fingerprint density at radius 1 is 0.936 bits per heavy atom. The molecule has 0 saturated carbocycles. The van der Waals surface area contributed by atoms with Crippen molar-refractivity contribution >= 4 is 12.1 Å². The Bertz CT molecular complexity index is 1750. The molecule has 1 N–H and O–H groups in total. The number of likely N-dealkylation sites (tertiary alicyclic amines) is 1. The van der Waals surface area contributed by atoms with Gasteiger partial charge in [0.2, 0.25) is 5.91 Å². The van der Waals surface area contributed by atoms with Crippen molar-refractivity contribution in [1.29, 1.82) is 0 Å². The summed E-state index contributed by atoms with van der Waals surface area (Å²) in [4.78, 5) is 28.9. The molecule has 0 spiro atoms. The molecule has 0 radical (unpaired) electrons. The number of pyridine rings is 1. The fourth-order valence-corrected chi connectivity index (χ4v) is 5.47. The van der Waals surface area contributed by atoms with E-state index < -0.39 is 47.1 Å². The minimum Gasteiger partial charge on any atom is -0.488 e.